The molecule has 0 radical (unpaired) electrons. The molecular formula is C17H22N2O4. The highest BCUT2D eigenvalue weighted by Crippen LogP contribution is 2.25. The summed E-state index contributed by atoms with van der Waals surface area (Å²) in [6.07, 6.45) is 0.198. The Bertz CT molecular complexity index is 639. The van der Waals surface area contributed by atoms with E-state index < -0.39 is 11.9 Å². The zero-order valence-electron chi connectivity index (χ0n) is 13.9. The van der Waals surface area contributed by atoms with Crippen LogP contribution in [0.15, 0.2) is 18.2 Å². The van der Waals surface area contributed by atoms with Crippen molar-refractivity contribution in [2.24, 2.45) is 5.92 Å². The molecule has 1 aromatic carbocycles. The fourth-order valence-electron chi connectivity index (χ4n) is 2.79. The van der Waals surface area contributed by atoms with Crippen LogP contribution in [-0.4, -0.2) is 42.4 Å². The Kier molecular flexibility index (Phi) is 5.03. The van der Waals surface area contributed by atoms with Gasteiger partial charge in [-0.25, -0.2) is 4.79 Å². The van der Waals surface area contributed by atoms with E-state index in [4.69, 9.17) is 4.74 Å². The van der Waals surface area contributed by atoms with Crippen LogP contribution >= 0.6 is 0 Å². The van der Waals surface area contributed by atoms with E-state index in [2.05, 4.69) is 5.32 Å². The van der Waals surface area contributed by atoms with Gasteiger partial charge >= 0.3 is 5.97 Å². The van der Waals surface area contributed by atoms with Gasteiger partial charge in [0.1, 0.15) is 0 Å². The summed E-state index contributed by atoms with van der Waals surface area (Å²) in [5.74, 6) is -1.17. The number of nitrogens with one attached hydrogen (secondary N) is 1. The second kappa shape index (κ2) is 6.81. The summed E-state index contributed by atoms with van der Waals surface area (Å²) in [5, 5.41) is 2.77. The summed E-state index contributed by atoms with van der Waals surface area (Å²) in [6.45, 7) is 6.03. The van der Waals surface area contributed by atoms with Crippen molar-refractivity contribution in [2.75, 3.05) is 19.0 Å². The molecule has 23 heavy (non-hydrogen) atoms. The largest absolute Gasteiger partial charge is 0.465 e. The Morgan fingerprint density at radius 1 is 1.35 bits per heavy atom. The van der Waals surface area contributed by atoms with Crippen molar-refractivity contribution in [2.45, 2.75) is 33.2 Å². The third-order valence-electron chi connectivity index (χ3n) is 4.07. The molecule has 0 aliphatic carbocycles. The topological polar surface area (TPSA) is 75.7 Å². The van der Waals surface area contributed by atoms with Crippen molar-refractivity contribution in [3.05, 3.63) is 29.3 Å². The number of rotatable bonds is 4. The molecule has 2 rings (SSSR count). The van der Waals surface area contributed by atoms with Gasteiger partial charge in [0.15, 0.2) is 0 Å². The number of likely N-dealkylation sites (tertiary alicyclic amines) is 1. The Morgan fingerprint density at radius 2 is 2.04 bits per heavy atom. The first-order valence-corrected chi connectivity index (χ1v) is 7.63. The highest BCUT2D eigenvalue weighted by atomic mass is 16.5. The molecule has 1 heterocycles. The number of ether oxygens (including phenoxy) is 1. The van der Waals surface area contributed by atoms with E-state index in [0.29, 0.717) is 17.8 Å². The maximum atomic E-state index is 12.5. The normalized spacial score (nSPS) is 17.5. The zero-order chi connectivity index (χ0) is 17.1. The van der Waals surface area contributed by atoms with Crippen LogP contribution in [0.1, 0.15) is 36.2 Å². The molecule has 1 aliphatic heterocycles. The summed E-state index contributed by atoms with van der Waals surface area (Å²) >= 11 is 0. The number of aryl methyl sites for hydroxylation is 1. The summed E-state index contributed by atoms with van der Waals surface area (Å²) in [5.41, 5.74) is 1.48. The smallest absolute Gasteiger partial charge is 0.340 e. The Morgan fingerprint density at radius 3 is 2.61 bits per heavy atom. The summed E-state index contributed by atoms with van der Waals surface area (Å²) in [6, 6.07) is 5.28. The summed E-state index contributed by atoms with van der Waals surface area (Å²) in [7, 11) is 1.30. The van der Waals surface area contributed by atoms with E-state index in [1.165, 1.54) is 7.11 Å². The van der Waals surface area contributed by atoms with Crippen LogP contribution < -0.4 is 5.32 Å². The number of esters is 1. The predicted molar refractivity (Wildman–Crippen MR) is 86.1 cm³/mol. The molecule has 0 bridgehead atoms. The van der Waals surface area contributed by atoms with Gasteiger partial charge in [0, 0.05) is 19.0 Å². The lowest BCUT2D eigenvalue weighted by Gasteiger charge is -2.21. The minimum absolute atomic E-state index is 0.0161. The molecule has 0 saturated carbocycles. The van der Waals surface area contributed by atoms with E-state index >= 15 is 0 Å². The molecule has 6 heteroatoms. The predicted octanol–water partition coefficient (Wildman–Crippen LogP) is 1.98. The van der Waals surface area contributed by atoms with Crippen molar-refractivity contribution in [1.29, 1.82) is 0 Å². The monoisotopic (exact) mass is 318 g/mol. The molecule has 2 amide bonds. The van der Waals surface area contributed by atoms with Crippen molar-refractivity contribution < 1.29 is 19.1 Å². The van der Waals surface area contributed by atoms with Gasteiger partial charge in [-0.15, -0.1) is 0 Å². The van der Waals surface area contributed by atoms with Crippen molar-refractivity contribution >= 4 is 23.5 Å². The minimum atomic E-state index is -0.496. The van der Waals surface area contributed by atoms with Gasteiger partial charge in [-0.2, -0.15) is 0 Å². The molecule has 1 saturated heterocycles. The van der Waals surface area contributed by atoms with E-state index in [9.17, 15) is 14.4 Å². The fourth-order valence-corrected chi connectivity index (χ4v) is 2.79. The molecule has 0 unspecified atom stereocenters. The zero-order valence-corrected chi connectivity index (χ0v) is 13.9. The maximum absolute atomic E-state index is 12.5. The van der Waals surface area contributed by atoms with Gasteiger partial charge in [0.05, 0.1) is 24.3 Å². The van der Waals surface area contributed by atoms with Crippen LogP contribution in [0.25, 0.3) is 0 Å². The van der Waals surface area contributed by atoms with E-state index in [0.717, 1.165) is 5.56 Å². The second-order valence-corrected chi connectivity index (χ2v) is 6.02. The average Bonchev–Trinajstić information content (AvgIpc) is 2.89. The molecular weight excluding hydrogens is 296 g/mol. The van der Waals surface area contributed by atoms with Crippen molar-refractivity contribution in [3.8, 4) is 0 Å². The number of amides is 2. The van der Waals surface area contributed by atoms with Gasteiger partial charge in [-0.05, 0) is 32.4 Å². The summed E-state index contributed by atoms with van der Waals surface area (Å²) in [4.78, 5) is 38.0. The first-order chi connectivity index (χ1) is 10.8. The number of carbonyl (C=O) groups is 3. The number of anilines is 1. The van der Waals surface area contributed by atoms with Crippen LogP contribution in [0, 0.1) is 12.8 Å². The van der Waals surface area contributed by atoms with Gasteiger partial charge < -0.3 is 15.0 Å². The average molecular weight is 318 g/mol. The first-order valence-electron chi connectivity index (χ1n) is 7.63. The number of nitrogens with zero attached hydrogens (tertiary/aromatic N) is 1. The molecule has 1 fully saturated rings. The van der Waals surface area contributed by atoms with Crippen LogP contribution in [-0.2, 0) is 14.3 Å². The van der Waals surface area contributed by atoms with Gasteiger partial charge in [0.25, 0.3) is 0 Å². The third-order valence-corrected chi connectivity index (χ3v) is 4.07. The maximum Gasteiger partial charge on any atom is 0.340 e. The van der Waals surface area contributed by atoms with Crippen molar-refractivity contribution in [3.63, 3.8) is 0 Å². The lowest BCUT2D eigenvalue weighted by molar-refractivity contribution is -0.129. The minimum Gasteiger partial charge on any atom is -0.465 e. The van der Waals surface area contributed by atoms with Gasteiger partial charge in [0.2, 0.25) is 11.8 Å². The number of benzene rings is 1. The number of methoxy groups -OCH3 is 1. The van der Waals surface area contributed by atoms with Crippen LogP contribution in [0.3, 0.4) is 0 Å². The molecule has 1 aromatic rings. The Hall–Kier alpha value is -2.37. The molecule has 1 N–H and O–H groups in total. The number of hydrogen-bond donors (Lipinski definition) is 1. The van der Waals surface area contributed by atoms with Gasteiger partial charge in [-0.3, -0.25) is 9.59 Å². The standard InChI is InChI=1S/C17H22N2O4/c1-10(2)19-9-12(8-14(19)20)16(21)18-13-7-5-6-11(3)15(13)17(22)23-4/h5-7,10,12H,8-9H2,1-4H3,(H,18,21)/t12-/m1/s1. The van der Waals surface area contributed by atoms with Crippen LogP contribution in [0.4, 0.5) is 5.69 Å². The molecule has 0 spiro atoms. The van der Waals surface area contributed by atoms with E-state index in [-0.39, 0.29) is 24.3 Å². The van der Waals surface area contributed by atoms with E-state index in [1.54, 1.807) is 30.0 Å². The van der Waals surface area contributed by atoms with Crippen LogP contribution in [0.2, 0.25) is 0 Å². The second-order valence-electron chi connectivity index (χ2n) is 6.02. The molecule has 6 nitrogen and oxygen atoms in total. The van der Waals surface area contributed by atoms with Crippen molar-refractivity contribution in [1.82, 2.24) is 4.90 Å². The lowest BCUT2D eigenvalue weighted by atomic mass is 10.0. The number of carbonyl (C=O) groups excluding carboxylic acids is 3. The fraction of sp³-hybridized carbons (Fsp3) is 0.471. The van der Waals surface area contributed by atoms with Crippen LogP contribution in [0.5, 0.6) is 0 Å². The van der Waals surface area contributed by atoms with E-state index in [1.807, 2.05) is 13.8 Å². The lowest BCUT2D eigenvalue weighted by Crippen LogP contribution is -2.33. The number of hydrogen-bond acceptors (Lipinski definition) is 4. The Labute approximate surface area is 135 Å². The molecule has 124 valence electrons. The molecule has 1 atom stereocenters. The SMILES string of the molecule is COC(=O)c1c(C)cccc1NC(=O)[C@@H]1CC(=O)N(C(C)C)C1. The highest BCUT2D eigenvalue weighted by molar-refractivity contribution is 6.04. The van der Waals surface area contributed by atoms with Gasteiger partial charge in [-0.1, -0.05) is 12.1 Å². The Balaban J connectivity index is 2.17. The summed E-state index contributed by atoms with van der Waals surface area (Å²) < 4.78 is 4.78. The first kappa shape index (κ1) is 17.0. The molecule has 1 aliphatic rings. The third kappa shape index (κ3) is 3.52. The molecule has 0 aromatic heterocycles. The quantitative estimate of drug-likeness (QED) is 0.861. The highest BCUT2D eigenvalue weighted by Gasteiger charge is 2.35.